The predicted molar refractivity (Wildman–Crippen MR) is 78.8 cm³/mol. The van der Waals surface area contributed by atoms with Crippen LogP contribution >= 0.6 is 0 Å². The fourth-order valence-electron chi connectivity index (χ4n) is 2.35. The Labute approximate surface area is 112 Å². The lowest BCUT2D eigenvalue weighted by Crippen LogP contribution is -2.04. The number of nitrogens with two attached hydrogens (primary N) is 1. The van der Waals surface area contributed by atoms with Crippen molar-refractivity contribution in [1.82, 2.24) is 9.55 Å². The van der Waals surface area contributed by atoms with Crippen molar-refractivity contribution in [2.75, 3.05) is 0 Å². The third-order valence-corrected chi connectivity index (χ3v) is 3.46. The number of aryl methyl sites for hydroxylation is 1. The van der Waals surface area contributed by atoms with Gasteiger partial charge < -0.3 is 10.3 Å². The normalized spacial score (nSPS) is 12.8. The molecule has 0 saturated heterocycles. The van der Waals surface area contributed by atoms with Gasteiger partial charge in [-0.05, 0) is 24.6 Å². The maximum atomic E-state index is 5.93. The number of hydrogen-bond acceptors (Lipinski definition) is 2. The third-order valence-electron chi connectivity index (χ3n) is 3.46. The smallest absolute Gasteiger partial charge is 0.140 e. The first kappa shape index (κ1) is 11.9. The van der Waals surface area contributed by atoms with Gasteiger partial charge in [0, 0.05) is 18.7 Å². The van der Waals surface area contributed by atoms with Gasteiger partial charge in [0.05, 0.1) is 11.0 Å². The monoisotopic (exact) mass is 251 g/mol. The zero-order chi connectivity index (χ0) is 13.4. The summed E-state index contributed by atoms with van der Waals surface area (Å²) in [5, 5.41) is 0. The average Bonchev–Trinajstić information content (AvgIpc) is 2.76. The van der Waals surface area contributed by atoms with Gasteiger partial charge in [-0.25, -0.2) is 4.98 Å². The van der Waals surface area contributed by atoms with Gasteiger partial charge in [-0.3, -0.25) is 0 Å². The Morgan fingerprint density at radius 1 is 1.11 bits per heavy atom. The van der Waals surface area contributed by atoms with Crippen LogP contribution in [0.4, 0.5) is 0 Å². The fraction of sp³-hybridized carbons (Fsp3) is 0.188. The molecule has 1 heterocycles. The number of fused-ring (bicyclic) bond motifs is 1. The van der Waals surface area contributed by atoms with E-state index in [0.29, 0.717) is 0 Å². The Kier molecular flexibility index (Phi) is 2.84. The van der Waals surface area contributed by atoms with Crippen LogP contribution in [-0.2, 0) is 7.05 Å². The molecule has 0 aliphatic carbocycles. The van der Waals surface area contributed by atoms with Gasteiger partial charge in [0.1, 0.15) is 5.82 Å². The van der Waals surface area contributed by atoms with Crippen molar-refractivity contribution in [3.8, 4) is 11.4 Å². The van der Waals surface area contributed by atoms with E-state index in [0.717, 1.165) is 28.0 Å². The molecule has 0 saturated carbocycles. The third kappa shape index (κ3) is 2.02. The van der Waals surface area contributed by atoms with Gasteiger partial charge in [-0.2, -0.15) is 0 Å². The van der Waals surface area contributed by atoms with Gasteiger partial charge in [-0.1, -0.05) is 36.4 Å². The number of rotatable bonds is 2. The molecule has 0 bridgehead atoms. The summed E-state index contributed by atoms with van der Waals surface area (Å²) >= 11 is 0. The standard InChI is InChI=1S/C16H17N3/c1-11(17)13-8-9-15-14(10-13)18-16(19(15)2)12-6-4-3-5-7-12/h3-11H,17H2,1-2H3. The molecule has 0 fully saturated rings. The molecule has 3 rings (SSSR count). The Hall–Kier alpha value is -2.13. The molecule has 3 nitrogen and oxygen atoms in total. The molecule has 3 heteroatoms. The predicted octanol–water partition coefficient (Wildman–Crippen LogP) is 3.26. The molecular formula is C16H17N3. The van der Waals surface area contributed by atoms with Crippen molar-refractivity contribution >= 4 is 11.0 Å². The molecule has 1 unspecified atom stereocenters. The Morgan fingerprint density at radius 2 is 1.84 bits per heavy atom. The lowest BCUT2D eigenvalue weighted by Gasteiger charge is -2.05. The lowest BCUT2D eigenvalue weighted by molar-refractivity contribution is 0.819. The number of imidazole rings is 1. The van der Waals surface area contributed by atoms with E-state index in [2.05, 4.69) is 34.9 Å². The molecule has 2 N–H and O–H groups in total. The molecule has 0 amide bonds. The van der Waals surface area contributed by atoms with Crippen LogP contribution in [0.1, 0.15) is 18.5 Å². The molecule has 1 atom stereocenters. The van der Waals surface area contributed by atoms with Gasteiger partial charge in [-0.15, -0.1) is 0 Å². The zero-order valence-corrected chi connectivity index (χ0v) is 11.2. The van der Waals surface area contributed by atoms with Crippen molar-refractivity contribution in [1.29, 1.82) is 0 Å². The van der Waals surface area contributed by atoms with Crippen LogP contribution in [0, 0.1) is 0 Å². The summed E-state index contributed by atoms with van der Waals surface area (Å²) in [4.78, 5) is 4.73. The zero-order valence-electron chi connectivity index (χ0n) is 11.2. The quantitative estimate of drug-likeness (QED) is 0.759. The molecule has 19 heavy (non-hydrogen) atoms. The molecule has 0 aliphatic heterocycles. The van der Waals surface area contributed by atoms with Gasteiger partial charge in [0.15, 0.2) is 0 Å². The summed E-state index contributed by atoms with van der Waals surface area (Å²) in [6.07, 6.45) is 0. The van der Waals surface area contributed by atoms with Crippen LogP contribution in [0.5, 0.6) is 0 Å². The minimum absolute atomic E-state index is 0.0339. The summed E-state index contributed by atoms with van der Waals surface area (Å²) in [5.41, 5.74) is 10.3. The first-order valence-corrected chi connectivity index (χ1v) is 6.44. The van der Waals surface area contributed by atoms with Crippen LogP contribution in [0.25, 0.3) is 22.4 Å². The summed E-state index contributed by atoms with van der Waals surface area (Å²) in [6.45, 7) is 1.99. The Balaban J connectivity index is 2.20. The second kappa shape index (κ2) is 4.52. The summed E-state index contributed by atoms with van der Waals surface area (Å²) < 4.78 is 2.12. The topological polar surface area (TPSA) is 43.8 Å². The highest BCUT2D eigenvalue weighted by molar-refractivity contribution is 5.81. The van der Waals surface area contributed by atoms with Crippen molar-refractivity contribution in [2.45, 2.75) is 13.0 Å². The maximum absolute atomic E-state index is 5.93. The molecular weight excluding hydrogens is 234 g/mol. The van der Waals surface area contributed by atoms with Gasteiger partial charge in [0.2, 0.25) is 0 Å². The minimum atomic E-state index is 0.0339. The fourth-order valence-corrected chi connectivity index (χ4v) is 2.35. The van der Waals surface area contributed by atoms with E-state index >= 15 is 0 Å². The van der Waals surface area contributed by atoms with Crippen LogP contribution < -0.4 is 5.73 Å². The molecule has 0 spiro atoms. The second-order valence-corrected chi connectivity index (χ2v) is 4.90. The molecule has 0 aliphatic rings. The maximum Gasteiger partial charge on any atom is 0.140 e. The number of aromatic nitrogens is 2. The lowest BCUT2D eigenvalue weighted by atomic mass is 10.1. The number of nitrogens with zero attached hydrogens (tertiary/aromatic N) is 2. The van der Waals surface area contributed by atoms with E-state index in [1.54, 1.807) is 0 Å². The van der Waals surface area contributed by atoms with E-state index in [-0.39, 0.29) is 6.04 Å². The first-order valence-electron chi connectivity index (χ1n) is 6.44. The highest BCUT2D eigenvalue weighted by atomic mass is 15.1. The number of benzene rings is 2. The summed E-state index contributed by atoms with van der Waals surface area (Å²) in [6, 6.07) is 16.5. The van der Waals surface area contributed by atoms with Crippen molar-refractivity contribution in [3.05, 3.63) is 54.1 Å². The van der Waals surface area contributed by atoms with E-state index < -0.39 is 0 Å². The first-order chi connectivity index (χ1) is 9.16. The van der Waals surface area contributed by atoms with Crippen molar-refractivity contribution in [2.24, 2.45) is 12.8 Å². The van der Waals surface area contributed by atoms with Crippen LogP contribution in [0.2, 0.25) is 0 Å². The second-order valence-electron chi connectivity index (χ2n) is 4.90. The van der Waals surface area contributed by atoms with Crippen LogP contribution in [0.3, 0.4) is 0 Å². The largest absolute Gasteiger partial charge is 0.327 e. The number of hydrogen-bond donors (Lipinski definition) is 1. The Morgan fingerprint density at radius 3 is 2.53 bits per heavy atom. The summed E-state index contributed by atoms with van der Waals surface area (Å²) in [7, 11) is 2.04. The van der Waals surface area contributed by atoms with E-state index in [1.165, 1.54) is 0 Å². The highest BCUT2D eigenvalue weighted by Gasteiger charge is 2.10. The SMILES string of the molecule is CC(N)c1ccc2c(c1)nc(-c1ccccc1)n2C. The van der Waals surface area contributed by atoms with Crippen molar-refractivity contribution < 1.29 is 0 Å². The highest BCUT2D eigenvalue weighted by Crippen LogP contribution is 2.25. The van der Waals surface area contributed by atoms with E-state index in [9.17, 15) is 0 Å². The van der Waals surface area contributed by atoms with Gasteiger partial charge in [0.25, 0.3) is 0 Å². The van der Waals surface area contributed by atoms with E-state index in [1.807, 2.05) is 32.2 Å². The Bertz CT molecular complexity index is 711. The van der Waals surface area contributed by atoms with Gasteiger partial charge >= 0.3 is 0 Å². The average molecular weight is 251 g/mol. The molecule has 3 aromatic rings. The minimum Gasteiger partial charge on any atom is -0.327 e. The molecule has 1 aromatic heterocycles. The molecule has 2 aromatic carbocycles. The van der Waals surface area contributed by atoms with Crippen molar-refractivity contribution in [3.63, 3.8) is 0 Å². The molecule has 0 radical (unpaired) electrons. The summed E-state index contributed by atoms with van der Waals surface area (Å²) in [5.74, 6) is 0.984. The van der Waals surface area contributed by atoms with E-state index in [4.69, 9.17) is 10.7 Å². The molecule has 96 valence electrons. The van der Waals surface area contributed by atoms with Crippen LogP contribution in [0.15, 0.2) is 48.5 Å². The van der Waals surface area contributed by atoms with Crippen LogP contribution in [-0.4, -0.2) is 9.55 Å².